The van der Waals surface area contributed by atoms with Crippen LogP contribution in [0.2, 0.25) is 0 Å². The molecule has 0 aromatic carbocycles. The van der Waals surface area contributed by atoms with Gasteiger partial charge in [0.05, 0.1) is 16.4 Å². The molecule has 0 heterocycles. The first-order valence-corrected chi connectivity index (χ1v) is 8.22. The molecule has 3 unspecified atom stereocenters. The largest absolute Gasteiger partial charge is 0.392 e. The highest BCUT2D eigenvalue weighted by Gasteiger charge is 2.59. The van der Waals surface area contributed by atoms with Gasteiger partial charge in [-0.3, -0.25) is 4.79 Å². The third-order valence-corrected chi connectivity index (χ3v) is 6.46. The van der Waals surface area contributed by atoms with Gasteiger partial charge in [0, 0.05) is 7.05 Å². The molecular formula is C16H26N2OS. The molecule has 4 rings (SSSR count). The molecule has 4 heteroatoms. The van der Waals surface area contributed by atoms with Crippen molar-refractivity contribution in [2.24, 2.45) is 28.4 Å². The number of rotatable bonds is 3. The van der Waals surface area contributed by atoms with E-state index in [-0.39, 0.29) is 17.4 Å². The van der Waals surface area contributed by atoms with Crippen molar-refractivity contribution in [3.63, 3.8) is 0 Å². The van der Waals surface area contributed by atoms with E-state index in [4.69, 9.17) is 18.0 Å². The van der Waals surface area contributed by atoms with Gasteiger partial charge in [0.25, 0.3) is 0 Å². The molecule has 0 aliphatic heterocycles. The van der Waals surface area contributed by atoms with Gasteiger partial charge in [-0.25, -0.2) is 0 Å². The van der Waals surface area contributed by atoms with Crippen LogP contribution in [0.3, 0.4) is 0 Å². The third-order valence-electron chi connectivity index (χ3n) is 6.12. The number of hydrogen-bond donors (Lipinski definition) is 1. The summed E-state index contributed by atoms with van der Waals surface area (Å²) in [6, 6.07) is -0.140. The molecule has 4 saturated carbocycles. The number of hydrogen-bond acceptors (Lipinski definition) is 2. The average Bonchev–Trinajstić information content (AvgIpc) is 2.32. The van der Waals surface area contributed by atoms with Gasteiger partial charge in [-0.1, -0.05) is 19.1 Å². The highest BCUT2D eigenvalue weighted by Crippen LogP contribution is 2.65. The molecule has 4 bridgehead atoms. The molecule has 0 aromatic heterocycles. The van der Waals surface area contributed by atoms with Crippen LogP contribution in [0.25, 0.3) is 0 Å². The van der Waals surface area contributed by atoms with Gasteiger partial charge in [-0.15, -0.1) is 0 Å². The fourth-order valence-corrected chi connectivity index (χ4v) is 5.87. The van der Waals surface area contributed by atoms with Crippen molar-refractivity contribution in [3.8, 4) is 0 Å². The van der Waals surface area contributed by atoms with Gasteiger partial charge in [0.15, 0.2) is 0 Å². The molecule has 4 fully saturated rings. The lowest BCUT2D eigenvalue weighted by atomic mass is 9.44. The third kappa shape index (κ3) is 2.07. The molecule has 4 aliphatic carbocycles. The van der Waals surface area contributed by atoms with E-state index in [9.17, 15) is 4.79 Å². The monoisotopic (exact) mass is 294 g/mol. The second kappa shape index (κ2) is 4.43. The molecule has 3 nitrogen and oxygen atoms in total. The number of carbonyl (C=O) groups is 1. The lowest BCUT2D eigenvalue weighted by Crippen LogP contribution is -2.58. The quantitative estimate of drug-likeness (QED) is 0.814. The van der Waals surface area contributed by atoms with Crippen molar-refractivity contribution in [2.45, 2.75) is 58.4 Å². The Kier molecular flexibility index (Phi) is 3.16. The van der Waals surface area contributed by atoms with E-state index in [2.05, 4.69) is 6.92 Å². The topological polar surface area (TPSA) is 46.3 Å². The predicted octanol–water partition coefficient (Wildman–Crippen LogP) is 2.73. The van der Waals surface area contributed by atoms with E-state index in [1.165, 1.54) is 19.3 Å². The van der Waals surface area contributed by atoms with Crippen LogP contribution in [-0.2, 0) is 4.79 Å². The molecule has 4 aliphatic rings. The molecule has 0 saturated heterocycles. The number of thiocarbonyl (C=S) groups is 1. The van der Waals surface area contributed by atoms with E-state index < -0.39 is 0 Å². The highest BCUT2D eigenvalue weighted by molar-refractivity contribution is 7.80. The lowest BCUT2D eigenvalue weighted by molar-refractivity contribution is -0.165. The second-order valence-corrected chi connectivity index (χ2v) is 8.52. The summed E-state index contributed by atoms with van der Waals surface area (Å²) in [7, 11) is 1.87. The molecule has 0 aromatic rings. The summed E-state index contributed by atoms with van der Waals surface area (Å²) in [4.78, 5) is 15.3. The zero-order chi connectivity index (χ0) is 14.7. The standard InChI is InChI=1S/C16H26N2OS/c1-10(13(17)20)18(3)14(19)16-7-11-4-12(8-16)6-15(2,5-11)9-16/h10-12H,4-9H2,1-3H3,(H2,17,20). The average molecular weight is 294 g/mol. The lowest BCUT2D eigenvalue weighted by Gasteiger charge is -2.61. The van der Waals surface area contributed by atoms with Gasteiger partial charge in [0.1, 0.15) is 0 Å². The maximum absolute atomic E-state index is 13.1. The minimum Gasteiger partial charge on any atom is -0.392 e. The van der Waals surface area contributed by atoms with Crippen LogP contribution >= 0.6 is 12.2 Å². The van der Waals surface area contributed by atoms with Crippen molar-refractivity contribution in [2.75, 3.05) is 7.05 Å². The number of carbonyl (C=O) groups excluding carboxylic acids is 1. The van der Waals surface area contributed by atoms with Crippen molar-refractivity contribution in [1.82, 2.24) is 4.90 Å². The summed E-state index contributed by atoms with van der Waals surface area (Å²) in [6.45, 7) is 4.33. The van der Waals surface area contributed by atoms with Crippen molar-refractivity contribution < 1.29 is 4.79 Å². The van der Waals surface area contributed by atoms with Crippen LogP contribution in [0.4, 0.5) is 0 Å². The van der Waals surface area contributed by atoms with Gasteiger partial charge in [-0.2, -0.15) is 0 Å². The van der Waals surface area contributed by atoms with E-state index in [0.29, 0.717) is 10.4 Å². The molecule has 2 N–H and O–H groups in total. The molecule has 1 amide bonds. The molecule has 20 heavy (non-hydrogen) atoms. The smallest absolute Gasteiger partial charge is 0.229 e. The fourth-order valence-electron chi connectivity index (χ4n) is 5.71. The minimum atomic E-state index is -0.140. The van der Waals surface area contributed by atoms with E-state index in [1.807, 2.05) is 14.0 Å². The normalized spacial score (nSPS) is 43.4. The Morgan fingerprint density at radius 3 is 2.30 bits per heavy atom. The Hall–Kier alpha value is -0.640. The molecule has 112 valence electrons. The van der Waals surface area contributed by atoms with E-state index in [0.717, 1.165) is 31.1 Å². The molecule has 0 radical (unpaired) electrons. The van der Waals surface area contributed by atoms with Crippen LogP contribution in [0.15, 0.2) is 0 Å². The van der Waals surface area contributed by atoms with Crippen LogP contribution < -0.4 is 5.73 Å². The number of nitrogens with zero attached hydrogens (tertiary/aromatic N) is 1. The van der Waals surface area contributed by atoms with E-state index in [1.54, 1.807) is 4.90 Å². The van der Waals surface area contributed by atoms with Crippen molar-refractivity contribution in [1.29, 1.82) is 0 Å². The first-order chi connectivity index (χ1) is 9.25. The minimum absolute atomic E-state index is 0.118. The van der Waals surface area contributed by atoms with Gasteiger partial charge >= 0.3 is 0 Å². The molecular weight excluding hydrogens is 268 g/mol. The van der Waals surface area contributed by atoms with Gasteiger partial charge in [-0.05, 0) is 62.7 Å². The van der Waals surface area contributed by atoms with Gasteiger partial charge in [0.2, 0.25) is 5.91 Å². The van der Waals surface area contributed by atoms with Crippen LogP contribution in [0.1, 0.15) is 52.4 Å². The molecule has 3 atom stereocenters. The summed E-state index contributed by atoms with van der Waals surface area (Å²) >= 11 is 5.06. The Morgan fingerprint density at radius 1 is 1.30 bits per heavy atom. The SMILES string of the molecule is CC(C(N)=S)N(C)C(=O)C12CC3CC(CC(C)(C3)C1)C2. The zero-order valence-corrected chi connectivity index (χ0v) is 13.6. The molecule has 0 spiro atoms. The number of nitrogens with two attached hydrogens (primary N) is 1. The van der Waals surface area contributed by atoms with Crippen LogP contribution in [0.5, 0.6) is 0 Å². The summed E-state index contributed by atoms with van der Waals surface area (Å²) in [6.07, 6.45) is 7.25. The predicted molar refractivity (Wildman–Crippen MR) is 84.2 cm³/mol. The Labute approximate surface area is 127 Å². The summed E-state index contributed by atoms with van der Waals surface area (Å²) in [5.74, 6) is 1.82. The van der Waals surface area contributed by atoms with Crippen molar-refractivity contribution in [3.05, 3.63) is 0 Å². The highest BCUT2D eigenvalue weighted by atomic mass is 32.1. The first kappa shape index (κ1) is 14.3. The maximum Gasteiger partial charge on any atom is 0.229 e. The number of likely N-dealkylation sites (N-methyl/N-ethyl adjacent to an activating group) is 1. The maximum atomic E-state index is 13.1. The van der Waals surface area contributed by atoms with E-state index >= 15 is 0 Å². The van der Waals surface area contributed by atoms with Crippen LogP contribution in [0, 0.1) is 22.7 Å². The van der Waals surface area contributed by atoms with Crippen LogP contribution in [-0.4, -0.2) is 28.9 Å². The Bertz CT molecular complexity index is 447. The summed E-state index contributed by atoms with van der Waals surface area (Å²) in [5, 5.41) is 0. The first-order valence-electron chi connectivity index (χ1n) is 7.81. The fraction of sp³-hybridized carbons (Fsp3) is 0.875. The number of amides is 1. The summed E-state index contributed by atoms with van der Waals surface area (Å²) < 4.78 is 0. The van der Waals surface area contributed by atoms with Gasteiger partial charge < -0.3 is 10.6 Å². The Morgan fingerprint density at radius 2 is 1.85 bits per heavy atom. The summed E-state index contributed by atoms with van der Waals surface area (Å²) in [5.41, 5.74) is 6.01. The zero-order valence-electron chi connectivity index (χ0n) is 12.8. The second-order valence-electron chi connectivity index (χ2n) is 8.05. The Balaban J connectivity index is 1.86. The van der Waals surface area contributed by atoms with Crippen molar-refractivity contribution >= 4 is 23.1 Å².